The summed E-state index contributed by atoms with van der Waals surface area (Å²) in [7, 11) is 3.22. The molecule has 0 spiro atoms. The number of halogens is 1. The van der Waals surface area contributed by atoms with Gasteiger partial charge in [-0.1, -0.05) is 16.5 Å². The van der Waals surface area contributed by atoms with E-state index in [9.17, 15) is 4.79 Å². The molecule has 1 saturated heterocycles. The van der Waals surface area contributed by atoms with Crippen molar-refractivity contribution in [3.8, 4) is 11.5 Å². The molecule has 0 unspecified atom stereocenters. The van der Waals surface area contributed by atoms with Gasteiger partial charge in [0.2, 0.25) is 0 Å². The molecular weight excluding hydrogens is 456 g/mol. The maximum Gasteiger partial charge on any atom is 0.282 e. The fourth-order valence-corrected chi connectivity index (χ4v) is 4.66. The molecule has 32 heavy (non-hydrogen) atoms. The minimum atomic E-state index is -0.240. The summed E-state index contributed by atoms with van der Waals surface area (Å²) in [6.45, 7) is 6.46. The van der Waals surface area contributed by atoms with Gasteiger partial charge in [-0.3, -0.25) is 14.6 Å². The van der Waals surface area contributed by atoms with Crippen molar-refractivity contribution in [1.82, 2.24) is 15.0 Å². The highest BCUT2D eigenvalue weighted by atomic mass is 35.5. The average Bonchev–Trinajstić information content (AvgIpc) is 3.43. The van der Waals surface area contributed by atoms with Gasteiger partial charge in [0.25, 0.3) is 5.91 Å². The lowest BCUT2D eigenvalue weighted by atomic mass is 10.3. The van der Waals surface area contributed by atoms with Crippen LogP contribution in [0.5, 0.6) is 11.5 Å². The highest BCUT2D eigenvalue weighted by Crippen LogP contribution is 2.40. The molecule has 1 fully saturated rings. The van der Waals surface area contributed by atoms with Crippen molar-refractivity contribution in [1.29, 1.82) is 0 Å². The van der Waals surface area contributed by atoms with Crippen molar-refractivity contribution in [3.05, 3.63) is 29.7 Å². The van der Waals surface area contributed by atoms with Gasteiger partial charge in [0, 0.05) is 32.2 Å². The normalized spacial score (nSPS) is 14.2. The maximum atomic E-state index is 13.3. The lowest BCUT2D eigenvalue weighted by Crippen LogP contribution is -2.39. The summed E-state index contributed by atoms with van der Waals surface area (Å²) in [6.07, 6.45) is 0.798. The van der Waals surface area contributed by atoms with E-state index in [0.717, 1.165) is 44.0 Å². The van der Waals surface area contributed by atoms with Crippen LogP contribution >= 0.6 is 23.7 Å². The molecule has 9 nitrogen and oxygen atoms in total. The van der Waals surface area contributed by atoms with E-state index in [1.165, 1.54) is 11.3 Å². The molecule has 0 saturated carbocycles. The van der Waals surface area contributed by atoms with Crippen LogP contribution in [0, 0.1) is 6.92 Å². The number of ether oxygens (including phenoxy) is 3. The molecule has 0 atom stereocenters. The number of hydrogen-bond acceptors (Lipinski definition) is 9. The van der Waals surface area contributed by atoms with Crippen LogP contribution in [0.2, 0.25) is 0 Å². The molecule has 2 aromatic heterocycles. The number of thiazole rings is 1. The molecule has 11 heteroatoms. The smallest absolute Gasteiger partial charge is 0.282 e. The van der Waals surface area contributed by atoms with Crippen LogP contribution in [0.1, 0.15) is 22.7 Å². The third-order valence-electron chi connectivity index (χ3n) is 5.18. The standard InChI is InChI=1S/C21H26N4O5S.ClH/c1-14-13-15(23-30-14)20(26)25(8-4-7-24-9-11-29-12-10-24)21-22-18-16(27-2)5-6-17(28-3)19(18)31-21;/h5-6,13H,4,7-12H2,1-3H3;1H. The number of benzene rings is 1. The van der Waals surface area contributed by atoms with Crippen LogP contribution in [-0.2, 0) is 4.74 Å². The zero-order chi connectivity index (χ0) is 21.8. The van der Waals surface area contributed by atoms with Crippen molar-refractivity contribution in [3.63, 3.8) is 0 Å². The van der Waals surface area contributed by atoms with E-state index in [4.69, 9.17) is 23.7 Å². The zero-order valence-corrected chi connectivity index (χ0v) is 20.0. The number of hydrogen-bond donors (Lipinski definition) is 0. The Morgan fingerprint density at radius 2 is 1.94 bits per heavy atom. The van der Waals surface area contributed by atoms with Crippen LogP contribution in [0.25, 0.3) is 10.2 Å². The molecule has 3 aromatic rings. The number of aryl methyl sites for hydroxylation is 1. The summed E-state index contributed by atoms with van der Waals surface area (Å²) >= 11 is 1.40. The Labute approximate surface area is 196 Å². The van der Waals surface area contributed by atoms with E-state index in [1.807, 2.05) is 12.1 Å². The first-order valence-corrected chi connectivity index (χ1v) is 11.0. The SMILES string of the molecule is COc1ccc(OC)c2sc(N(CCCN3CCOCC3)C(=O)c3cc(C)on3)nc12.Cl. The minimum Gasteiger partial charge on any atom is -0.495 e. The van der Waals surface area contributed by atoms with E-state index in [2.05, 4.69) is 10.1 Å². The second-order valence-electron chi connectivity index (χ2n) is 7.23. The highest BCUT2D eigenvalue weighted by Gasteiger charge is 2.26. The molecular formula is C21H27ClN4O5S. The van der Waals surface area contributed by atoms with Crippen LogP contribution in [0.4, 0.5) is 5.13 Å². The Balaban J connectivity index is 0.00000289. The van der Waals surface area contributed by atoms with Gasteiger partial charge in [0.05, 0.1) is 27.4 Å². The van der Waals surface area contributed by atoms with Gasteiger partial charge < -0.3 is 18.7 Å². The molecule has 0 bridgehead atoms. The number of aromatic nitrogens is 2. The zero-order valence-electron chi connectivity index (χ0n) is 18.3. The van der Waals surface area contributed by atoms with E-state index in [1.54, 1.807) is 32.1 Å². The number of morpholine rings is 1. The predicted molar refractivity (Wildman–Crippen MR) is 125 cm³/mol. The summed E-state index contributed by atoms with van der Waals surface area (Å²) < 4.78 is 22.3. The molecule has 174 valence electrons. The first-order valence-electron chi connectivity index (χ1n) is 10.2. The van der Waals surface area contributed by atoms with Gasteiger partial charge in [0.1, 0.15) is 27.5 Å². The molecule has 1 aliphatic rings. The summed E-state index contributed by atoms with van der Waals surface area (Å²) in [4.78, 5) is 22.1. The Morgan fingerprint density at radius 1 is 1.22 bits per heavy atom. The fraction of sp³-hybridized carbons (Fsp3) is 0.476. The fourth-order valence-electron chi connectivity index (χ4n) is 3.56. The summed E-state index contributed by atoms with van der Waals surface area (Å²) in [5.74, 6) is 1.67. The van der Waals surface area contributed by atoms with Crippen LogP contribution in [0.15, 0.2) is 22.7 Å². The largest absolute Gasteiger partial charge is 0.495 e. The monoisotopic (exact) mass is 482 g/mol. The Kier molecular flexibility index (Phi) is 8.30. The lowest BCUT2D eigenvalue weighted by molar-refractivity contribution is 0.0376. The molecule has 1 aliphatic heterocycles. The number of rotatable bonds is 8. The predicted octanol–water partition coefficient (Wildman–Crippen LogP) is 3.40. The number of methoxy groups -OCH3 is 2. The Bertz CT molecular complexity index is 1010. The van der Waals surface area contributed by atoms with Gasteiger partial charge in [-0.25, -0.2) is 4.98 Å². The van der Waals surface area contributed by atoms with Crippen LogP contribution in [-0.4, -0.2) is 74.6 Å². The van der Waals surface area contributed by atoms with E-state index >= 15 is 0 Å². The minimum absolute atomic E-state index is 0. The highest BCUT2D eigenvalue weighted by molar-refractivity contribution is 7.22. The van der Waals surface area contributed by atoms with Crippen molar-refractivity contribution in [2.75, 3.05) is 58.5 Å². The van der Waals surface area contributed by atoms with E-state index < -0.39 is 0 Å². The van der Waals surface area contributed by atoms with Gasteiger partial charge in [-0.15, -0.1) is 12.4 Å². The summed E-state index contributed by atoms with van der Waals surface area (Å²) in [5, 5.41) is 4.49. The summed E-state index contributed by atoms with van der Waals surface area (Å²) in [6, 6.07) is 5.30. The maximum absolute atomic E-state index is 13.3. The number of nitrogens with zero attached hydrogens (tertiary/aromatic N) is 4. The third kappa shape index (κ3) is 5.15. The second kappa shape index (κ2) is 11.0. The number of fused-ring (bicyclic) bond motifs is 1. The number of carbonyl (C=O) groups excluding carboxylic acids is 1. The van der Waals surface area contributed by atoms with E-state index in [0.29, 0.717) is 34.5 Å². The van der Waals surface area contributed by atoms with Crippen molar-refractivity contribution in [2.45, 2.75) is 13.3 Å². The van der Waals surface area contributed by atoms with Gasteiger partial charge in [-0.2, -0.15) is 0 Å². The molecule has 0 radical (unpaired) electrons. The van der Waals surface area contributed by atoms with Gasteiger partial charge in [0.15, 0.2) is 10.8 Å². The molecule has 0 N–H and O–H groups in total. The average molecular weight is 483 g/mol. The molecule has 3 heterocycles. The van der Waals surface area contributed by atoms with Gasteiger partial charge >= 0.3 is 0 Å². The molecule has 1 amide bonds. The van der Waals surface area contributed by atoms with Gasteiger partial charge in [-0.05, 0) is 25.5 Å². The molecule has 1 aromatic carbocycles. The lowest BCUT2D eigenvalue weighted by Gasteiger charge is -2.27. The third-order valence-corrected chi connectivity index (χ3v) is 6.27. The topological polar surface area (TPSA) is 90.2 Å². The van der Waals surface area contributed by atoms with Crippen molar-refractivity contribution >= 4 is 45.0 Å². The first-order chi connectivity index (χ1) is 15.1. The first kappa shape index (κ1) is 24.2. The molecule has 4 rings (SSSR count). The Morgan fingerprint density at radius 3 is 2.59 bits per heavy atom. The molecule has 0 aliphatic carbocycles. The van der Waals surface area contributed by atoms with E-state index in [-0.39, 0.29) is 24.0 Å². The van der Waals surface area contributed by atoms with Crippen LogP contribution in [0.3, 0.4) is 0 Å². The Hall–Kier alpha value is -2.40. The van der Waals surface area contributed by atoms with Crippen molar-refractivity contribution in [2.24, 2.45) is 0 Å². The number of carbonyl (C=O) groups is 1. The van der Waals surface area contributed by atoms with Crippen molar-refractivity contribution < 1.29 is 23.5 Å². The quantitative estimate of drug-likeness (QED) is 0.482. The summed E-state index contributed by atoms with van der Waals surface area (Å²) in [5.41, 5.74) is 0.936. The second-order valence-corrected chi connectivity index (χ2v) is 8.21. The van der Waals surface area contributed by atoms with Crippen LogP contribution < -0.4 is 14.4 Å². The number of amides is 1. The number of anilines is 1.